The monoisotopic (exact) mass is 316 g/mol. The van der Waals surface area contributed by atoms with Crippen molar-refractivity contribution in [2.75, 3.05) is 0 Å². The minimum absolute atomic E-state index is 0.159. The van der Waals surface area contributed by atoms with Crippen LogP contribution in [-0.2, 0) is 4.74 Å². The number of ether oxygens (including phenoxy) is 2. The third kappa shape index (κ3) is 9.56. The molecule has 0 aromatic heterocycles. The average molecular weight is 316 g/mol. The van der Waals surface area contributed by atoms with Crippen LogP contribution in [0, 0.1) is 0 Å². The van der Waals surface area contributed by atoms with E-state index in [0.717, 1.165) is 25.7 Å². The van der Waals surface area contributed by atoms with Crippen molar-refractivity contribution in [3.8, 4) is 5.75 Å². The largest absolute Gasteiger partial charge is 0.514 e. The van der Waals surface area contributed by atoms with E-state index < -0.39 is 6.16 Å². The van der Waals surface area contributed by atoms with Gasteiger partial charge in [0.25, 0.3) is 0 Å². The number of allylic oxidation sites excluding steroid dienone is 4. The molecule has 0 bridgehead atoms. The first-order valence-electron chi connectivity index (χ1n) is 8.20. The molecule has 1 rings (SSSR count). The van der Waals surface area contributed by atoms with Gasteiger partial charge in [0.15, 0.2) is 0 Å². The number of rotatable bonds is 8. The molecule has 1 aromatic rings. The standard InChI is InChI=1S/C20H28O3/c1-16(2)10-8-11-17(3)12-9-13-18(4)22-20(21)23-19-14-6-5-7-15-19/h5-7,10,12,14-15,18H,8-9,11,13H2,1-4H3/b17-12+. The summed E-state index contributed by atoms with van der Waals surface area (Å²) in [5, 5.41) is 0. The van der Waals surface area contributed by atoms with Crippen molar-refractivity contribution in [1.29, 1.82) is 0 Å². The zero-order valence-corrected chi connectivity index (χ0v) is 14.7. The Morgan fingerprint density at radius 2 is 1.78 bits per heavy atom. The lowest BCUT2D eigenvalue weighted by Gasteiger charge is -2.12. The summed E-state index contributed by atoms with van der Waals surface area (Å²) < 4.78 is 10.4. The molecule has 1 aromatic carbocycles. The quantitative estimate of drug-likeness (QED) is 0.332. The van der Waals surface area contributed by atoms with Crippen LogP contribution in [0.4, 0.5) is 4.79 Å². The lowest BCUT2D eigenvalue weighted by Crippen LogP contribution is -2.18. The third-order valence-electron chi connectivity index (χ3n) is 3.40. The van der Waals surface area contributed by atoms with Crippen molar-refractivity contribution in [2.45, 2.75) is 59.5 Å². The van der Waals surface area contributed by atoms with E-state index in [1.54, 1.807) is 12.1 Å². The second kappa shape index (κ2) is 10.7. The summed E-state index contributed by atoms with van der Waals surface area (Å²) in [4.78, 5) is 11.7. The predicted molar refractivity (Wildman–Crippen MR) is 94.7 cm³/mol. The summed E-state index contributed by atoms with van der Waals surface area (Å²) in [5.74, 6) is 0.500. The van der Waals surface area contributed by atoms with Crippen LogP contribution in [-0.4, -0.2) is 12.3 Å². The van der Waals surface area contributed by atoms with Gasteiger partial charge in [0.1, 0.15) is 11.9 Å². The fraction of sp³-hybridized carbons (Fsp3) is 0.450. The third-order valence-corrected chi connectivity index (χ3v) is 3.40. The van der Waals surface area contributed by atoms with Crippen molar-refractivity contribution >= 4 is 6.16 Å². The Morgan fingerprint density at radius 1 is 1.09 bits per heavy atom. The maximum atomic E-state index is 11.7. The summed E-state index contributed by atoms with van der Waals surface area (Å²) in [6, 6.07) is 8.95. The van der Waals surface area contributed by atoms with Gasteiger partial charge in [-0.1, -0.05) is 41.5 Å². The minimum atomic E-state index is -0.645. The molecular weight excluding hydrogens is 288 g/mol. The first kappa shape index (κ1) is 19.0. The van der Waals surface area contributed by atoms with Gasteiger partial charge in [0.2, 0.25) is 0 Å². The van der Waals surface area contributed by atoms with Gasteiger partial charge in [-0.2, -0.15) is 0 Å². The Morgan fingerprint density at radius 3 is 2.43 bits per heavy atom. The van der Waals surface area contributed by atoms with Crippen molar-refractivity contribution < 1.29 is 14.3 Å². The number of carbonyl (C=O) groups is 1. The van der Waals surface area contributed by atoms with Crippen molar-refractivity contribution in [1.82, 2.24) is 0 Å². The molecular formula is C20H28O3. The van der Waals surface area contributed by atoms with Crippen LogP contribution in [0.25, 0.3) is 0 Å². The Balaban J connectivity index is 2.24. The SMILES string of the molecule is CC(C)=CCC/C(C)=C/CCC(C)OC(=O)Oc1ccccc1. The lowest BCUT2D eigenvalue weighted by atomic mass is 10.1. The van der Waals surface area contributed by atoms with E-state index in [9.17, 15) is 4.79 Å². The molecule has 0 heterocycles. The molecule has 0 fully saturated rings. The summed E-state index contributed by atoms with van der Waals surface area (Å²) >= 11 is 0. The van der Waals surface area contributed by atoms with E-state index in [1.165, 1.54) is 11.1 Å². The van der Waals surface area contributed by atoms with Gasteiger partial charge in [-0.3, -0.25) is 0 Å². The number of carbonyl (C=O) groups excluding carboxylic acids is 1. The molecule has 0 N–H and O–H groups in total. The first-order valence-corrected chi connectivity index (χ1v) is 8.20. The summed E-state index contributed by atoms with van der Waals surface area (Å²) in [7, 11) is 0. The number of hydrogen-bond acceptors (Lipinski definition) is 3. The van der Waals surface area contributed by atoms with Gasteiger partial charge >= 0.3 is 6.16 Å². The molecule has 0 saturated carbocycles. The van der Waals surface area contributed by atoms with Gasteiger partial charge in [-0.05, 0) is 65.5 Å². The van der Waals surface area contributed by atoms with Crippen LogP contribution in [0.1, 0.15) is 53.4 Å². The van der Waals surface area contributed by atoms with Crippen LogP contribution in [0.15, 0.2) is 53.6 Å². The average Bonchev–Trinajstić information content (AvgIpc) is 2.47. The second-order valence-electron chi connectivity index (χ2n) is 6.04. The first-order chi connectivity index (χ1) is 11.0. The number of benzene rings is 1. The molecule has 0 aliphatic carbocycles. The molecule has 0 saturated heterocycles. The van der Waals surface area contributed by atoms with Crippen molar-refractivity contribution in [3.05, 3.63) is 53.6 Å². The molecule has 126 valence electrons. The van der Waals surface area contributed by atoms with Crippen molar-refractivity contribution in [3.63, 3.8) is 0 Å². The summed E-state index contributed by atoms with van der Waals surface area (Å²) in [6.45, 7) is 8.27. The highest BCUT2D eigenvalue weighted by Crippen LogP contribution is 2.13. The zero-order chi connectivity index (χ0) is 17.1. The number of para-hydroxylation sites is 1. The van der Waals surface area contributed by atoms with E-state index in [4.69, 9.17) is 9.47 Å². The molecule has 0 radical (unpaired) electrons. The van der Waals surface area contributed by atoms with Crippen LogP contribution in [0.2, 0.25) is 0 Å². The molecule has 23 heavy (non-hydrogen) atoms. The van der Waals surface area contributed by atoms with Gasteiger partial charge in [-0.15, -0.1) is 0 Å². The zero-order valence-electron chi connectivity index (χ0n) is 14.7. The predicted octanol–water partition coefficient (Wildman–Crippen LogP) is 6.06. The van der Waals surface area contributed by atoms with E-state index in [0.29, 0.717) is 5.75 Å². The van der Waals surface area contributed by atoms with E-state index >= 15 is 0 Å². The maximum Gasteiger partial charge on any atom is 0.514 e. The Labute approximate surface area is 140 Å². The molecule has 0 amide bonds. The van der Waals surface area contributed by atoms with Gasteiger partial charge < -0.3 is 9.47 Å². The van der Waals surface area contributed by atoms with Crippen LogP contribution in [0.3, 0.4) is 0 Å². The van der Waals surface area contributed by atoms with Crippen LogP contribution >= 0.6 is 0 Å². The summed E-state index contributed by atoms with van der Waals surface area (Å²) in [5.41, 5.74) is 2.73. The molecule has 0 spiro atoms. The van der Waals surface area contributed by atoms with E-state index in [2.05, 4.69) is 32.9 Å². The van der Waals surface area contributed by atoms with Gasteiger partial charge in [0, 0.05) is 0 Å². The smallest absolute Gasteiger partial charge is 0.431 e. The highest BCUT2D eigenvalue weighted by Gasteiger charge is 2.11. The maximum absolute atomic E-state index is 11.7. The van der Waals surface area contributed by atoms with E-state index in [-0.39, 0.29) is 6.10 Å². The molecule has 1 unspecified atom stereocenters. The molecule has 0 aliphatic heterocycles. The normalized spacial score (nSPS) is 12.4. The van der Waals surface area contributed by atoms with Gasteiger partial charge in [-0.25, -0.2) is 4.79 Å². The fourth-order valence-corrected chi connectivity index (χ4v) is 2.09. The molecule has 3 nitrogen and oxygen atoms in total. The highest BCUT2D eigenvalue weighted by molar-refractivity contribution is 5.63. The fourth-order valence-electron chi connectivity index (χ4n) is 2.09. The molecule has 0 aliphatic rings. The van der Waals surface area contributed by atoms with Crippen LogP contribution < -0.4 is 4.74 Å². The Bertz CT molecular complexity index is 525. The Kier molecular flexibility index (Phi) is 8.81. The van der Waals surface area contributed by atoms with Crippen LogP contribution in [0.5, 0.6) is 5.75 Å². The topological polar surface area (TPSA) is 35.5 Å². The highest BCUT2D eigenvalue weighted by atomic mass is 16.7. The van der Waals surface area contributed by atoms with Crippen molar-refractivity contribution in [2.24, 2.45) is 0 Å². The molecule has 3 heteroatoms. The van der Waals surface area contributed by atoms with E-state index in [1.807, 2.05) is 25.1 Å². The second-order valence-corrected chi connectivity index (χ2v) is 6.04. The minimum Gasteiger partial charge on any atom is -0.431 e. The number of hydrogen-bond donors (Lipinski definition) is 0. The summed E-state index contributed by atoms with van der Waals surface area (Å²) in [6.07, 6.45) is 7.53. The Hall–Kier alpha value is -2.03. The van der Waals surface area contributed by atoms with Gasteiger partial charge in [0.05, 0.1) is 0 Å². The lowest BCUT2D eigenvalue weighted by molar-refractivity contribution is 0.0628. The molecule has 1 atom stereocenters.